The van der Waals surface area contributed by atoms with Gasteiger partial charge in [-0.15, -0.1) is 0 Å². The van der Waals surface area contributed by atoms with E-state index in [1.807, 2.05) is 31.2 Å². The molecule has 2 aromatic carbocycles. The van der Waals surface area contributed by atoms with Crippen LogP contribution in [0.4, 0.5) is 10.5 Å². The molecule has 6 heteroatoms. The summed E-state index contributed by atoms with van der Waals surface area (Å²) >= 11 is 11.7. The van der Waals surface area contributed by atoms with Crippen LogP contribution >= 0.6 is 23.8 Å². The largest absolute Gasteiger partial charge is 0.449 e. The summed E-state index contributed by atoms with van der Waals surface area (Å²) in [6.07, 6.45) is -0.532. The van der Waals surface area contributed by atoms with Crippen molar-refractivity contribution in [2.45, 2.75) is 13.8 Å². The topological polar surface area (TPSA) is 57.2 Å². The molecule has 2 N–H and O–H groups in total. The van der Waals surface area contributed by atoms with Crippen molar-refractivity contribution in [3.05, 3.63) is 64.3 Å². The molecule has 0 amide bonds. The SMILES string of the molecule is CCOC(=O)n1c(C(=S)c2ccc(C)cc2)c(N)c2ccc(Cl)cc21. The van der Waals surface area contributed by atoms with E-state index in [1.54, 1.807) is 25.1 Å². The molecule has 0 fully saturated rings. The number of nitrogens with zero attached hydrogens (tertiary/aromatic N) is 1. The highest BCUT2D eigenvalue weighted by Crippen LogP contribution is 2.33. The van der Waals surface area contributed by atoms with Crippen molar-refractivity contribution in [1.29, 1.82) is 0 Å². The average molecular weight is 373 g/mol. The lowest BCUT2D eigenvalue weighted by molar-refractivity contribution is 0.155. The van der Waals surface area contributed by atoms with E-state index >= 15 is 0 Å². The number of carbonyl (C=O) groups is 1. The molecule has 3 aromatic rings. The van der Waals surface area contributed by atoms with Gasteiger partial charge < -0.3 is 10.5 Å². The second kappa shape index (κ2) is 6.86. The Labute approximate surface area is 156 Å². The summed E-state index contributed by atoms with van der Waals surface area (Å²) in [6, 6.07) is 13.0. The van der Waals surface area contributed by atoms with Gasteiger partial charge >= 0.3 is 6.09 Å². The number of hydrogen-bond donors (Lipinski definition) is 1. The monoisotopic (exact) mass is 372 g/mol. The molecule has 0 saturated carbocycles. The van der Waals surface area contributed by atoms with E-state index in [9.17, 15) is 4.79 Å². The Kier molecular flexibility index (Phi) is 4.79. The lowest BCUT2D eigenvalue weighted by atomic mass is 10.1. The summed E-state index contributed by atoms with van der Waals surface area (Å²) in [4.78, 5) is 13.1. The summed E-state index contributed by atoms with van der Waals surface area (Å²) in [5, 5.41) is 1.21. The third kappa shape index (κ3) is 3.13. The third-order valence-electron chi connectivity index (χ3n) is 3.95. The first-order chi connectivity index (χ1) is 11.9. The zero-order valence-corrected chi connectivity index (χ0v) is 15.4. The van der Waals surface area contributed by atoms with Crippen molar-refractivity contribution in [2.75, 3.05) is 12.3 Å². The quantitative estimate of drug-likeness (QED) is 0.521. The minimum Gasteiger partial charge on any atom is -0.449 e. The molecule has 0 spiro atoms. The minimum absolute atomic E-state index is 0.246. The normalized spacial score (nSPS) is 10.8. The van der Waals surface area contributed by atoms with Crippen LogP contribution in [0.3, 0.4) is 0 Å². The number of fused-ring (bicyclic) bond motifs is 1. The fourth-order valence-electron chi connectivity index (χ4n) is 2.73. The Morgan fingerprint density at radius 3 is 2.56 bits per heavy atom. The number of aryl methyl sites for hydroxylation is 1. The van der Waals surface area contributed by atoms with Gasteiger partial charge in [-0.25, -0.2) is 9.36 Å². The van der Waals surface area contributed by atoms with Gasteiger partial charge in [-0.05, 0) is 37.6 Å². The van der Waals surface area contributed by atoms with Crippen molar-refractivity contribution in [1.82, 2.24) is 4.57 Å². The average Bonchev–Trinajstić information content (AvgIpc) is 2.87. The molecule has 25 heavy (non-hydrogen) atoms. The van der Waals surface area contributed by atoms with Gasteiger partial charge in [0.2, 0.25) is 0 Å². The van der Waals surface area contributed by atoms with Crippen molar-refractivity contribution < 1.29 is 9.53 Å². The lowest BCUT2D eigenvalue weighted by Crippen LogP contribution is -2.19. The van der Waals surface area contributed by atoms with Gasteiger partial charge in [0.25, 0.3) is 0 Å². The van der Waals surface area contributed by atoms with Crippen molar-refractivity contribution in [3.63, 3.8) is 0 Å². The number of rotatable bonds is 3. The second-order valence-electron chi connectivity index (χ2n) is 5.65. The van der Waals surface area contributed by atoms with E-state index in [2.05, 4.69) is 0 Å². The molecule has 0 saturated heterocycles. The Hall–Kier alpha value is -2.37. The number of ether oxygens (including phenoxy) is 1. The highest BCUT2D eigenvalue weighted by atomic mass is 35.5. The first-order valence-corrected chi connectivity index (χ1v) is 8.60. The Morgan fingerprint density at radius 2 is 1.92 bits per heavy atom. The van der Waals surface area contributed by atoms with Crippen LogP contribution in [0.5, 0.6) is 0 Å². The van der Waals surface area contributed by atoms with Crippen LogP contribution in [-0.2, 0) is 4.74 Å². The standard InChI is InChI=1S/C19H17ClN2O2S/c1-3-24-19(23)22-15-10-13(20)8-9-14(15)16(21)17(22)18(25)12-6-4-11(2)5-7-12/h4-10H,3,21H2,1-2H3. The van der Waals surface area contributed by atoms with E-state index in [4.69, 9.17) is 34.3 Å². The number of benzene rings is 2. The van der Waals surface area contributed by atoms with E-state index in [-0.39, 0.29) is 6.61 Å². The zero-order chi connectivity index (χ0) is 18.1. The Bertz CT molecular complexity index is 977. The second-order valence-corrected chi connectivity index (χ2v) is 6.50. The molecule has 0 radical (unpaired) electrons. The summed E-state index contributed by atoms with van der Waals surface area (Å²) in [5.41, 5.74) is 9.73. The fraction of sp³-hybridized carbons (Fsp3) is 0.158. The van der Waals surface area contributed by atoms with Crippen LogP contribution in [0.25, 0.3) is 10.9 Å². The van der Waals surface area contributed by atoms with Crippen LogP contribution in [0.1, 0.15) is 23.7 Å². The maximum Gasteiger partial charge on any atom is 0.419 e. The van der Waals surface area contributed by atoms with E-state index in [1.165, 1.54) is 4.57 Å². The number of carbonyl (C=O) groups excluding carboxylic acids is 1. The molecule has 4 nitrogen and oxygen atoms in total. The van der Waals surface area contributed by atoms with Gasteiger partial charge in [0, 0.05) is 10.4 Å². The number of thiocarbonyl (C=S) groups is 1. The smallest absolute Gasteiger partial charge is 0.419 e. The summed E-state index contributed by atoms with van der Waals surface area (Å²) in [6.45, 7) is 3.99. The predicted octanol–water partition coefficient (Wildman–Crippen LogP) is 4.96. The molecule has 1 heterocycles. The van der Waals surface area contributed by atoms with Crippen molar-refractivity contribution in [3.8, 4) is 0 Å². The molecule has 0 atom stereocenters. The Morgan fingerprint density at radius 1 is 1.24 bits per heavy atom. The van der Waals surface area contributed by atoms with Crippen LogP contribution in [0, 0.1) is 6.92 Å². The van der Waals surface area contributed by atoms with Crippen molar-refractivity contribution in [2.24, 2.45) is 0 Å². The molecule has 0 aliphatic heterocycles. The van der Waals surface area contributed by atoms with Crippen LogP contribution in [0.15, 0.2) is 42.5 Å². The molecular formula is C19H17ClN2O2S. The molecule has 0 aliphatic carbocycles. The maximum atomic E-state index is 12.6. The van der Waals surface area contributed by atoms with Crippen molar-refractivity contribution >= 4 is 51.4 Å². The number of halogens is 1. The van der Waals surface area contributed by atoms with Gasteiger partial charge in [-0.2, -0.15) is 0 Å². The number of nitrogens with two attached hydrogens (primary N) is 1. The maximum absolute atomic E-state index is 12.6. The van der Waals surface area contributed by atoms with Gasteiger partial charge in [-0.3, -0.25) is 0 Å². The number of hydrogen-bond acceptors (Lipinski definition) is 4. The molecule has 1 aromatic heterocycles. The van der Waals surface area contributed by atoms with E-state index in [0.717, 1.165) is 11.1 Å². The summed E-state index contributed by atoms with van der Waals surface area (Å²) in [7, 11) is 0. The summed E-state index contributed by atoms with van der Waals surface area (Å²) in [5.74, 6) is 0. The zero-order valence-electron chi connectivity index (χ0n) is 13.9. The van der Waals surface area contributed by atoms with Gasteiger partial charge in [-0.1, -0.05) is 53.6 Å². The lowest BCUT2D eigenvalue weighted by Gasteiger charge is -2.11. The molecule has 128 valence electrons. The number of nitrogen functional groups attached to an aromatic ring is 1. The molecule has 3 rings (SSSR count). The van der Waals surface area contributed by atoms with Gasteiger partial charge in [0.15, 0.2) is 0 Å². The first-order valence-electron chi connectivity index (χ1n) is 7.82. The third-order valence-corrected chi connectivity index (χ3v) is 4.61. The Balaban J connectivity index is 2.27. The van der Waals surface area contributed by atoms with Crippen LogP contribution in [0.2, 0.25) is 5.02 Å². The van der Waals surface area contributed by atoms with E-state index < -0.39 is 6.09 Å². The number of anilines is 1. The van der Waals surface area contributed by atoms with Crippen LogP contribution < -0.4 is 5.73 Å². The molecule has 0 unspecified atom stereocenters. The first kappa shape index (κ1) is 17.5. The highest BCUT2D eigenvalue weighted by Gasteiger charge is 2.24. The van der Waals surface area contributed by atoms with E-state index in [0.29, 0.717) is 32.2 Å². The number of aromatic nitrogens is 1. The van der Waals surface area contributed by atoms with Gasteiger partial charge in [0.1, 0.15) is 0 Å². The molecule has 0 aliphatic rings. The van der Waals surface area contributed by atoms with Crippen LogP contribution in [-0.4, -0.2) is 22.1 Å². The summed E-state index contributed by atoms with van der Waals surface area (Å²) < 4.78 is 6.61. The predicted molar refractivity (Wildman–Crippen MR) is 106 cm³/mol. The van der Waals surface area contributed by atoms with Gasteiger partial charge in [0.05, 0.1) is 28.4 Å². The fourth-order valence-corrected chi connectivity index (χ4v) is 3.23. The molecular weight excluding hydrogens is 356 g/mol. The highest BCUT2D eigenvalue weighted by molar-refractivity contribution is 7.81. The minimum atomic E-state index is -0.532. The molecule has 0 bridgehead atoms.